The van der Waals surface area contributed by atoms with Gasteiger partial charge in [0.15, 0.2) is 5.11 Å². The van der Waals surface area contributed by atoms with E-state index >= 15 is 0 Å². The number of hydrogen-bond acceptors (Lipinski definition) is 4. The fourth-order valence-electron chi connectivity index (χ4n) is 1.17. The number of alkyl carbamates (subject to hydrolysis) is 1. The lowest BCUT2D eigenvalue weighted by atomic mass is 10.3. The molecule has 0 aliphatic rings. The highest BCUT2D eigenvalue weighted by Crippen LogP contribution is 2.23. The third-order valence-electron chi connectivity index (χ3n) is 1.98. The van der Waals surface area contributed by atoms with Crippen molar-refractivity contribution in [1.82, 2.24) is 10.2 Å². The van der Waals surface area contributed by atoms with Gasteiger partial charge >= 0.3 is 6.09 Å². The van der Waals surface area contributed by atoms with Crippen LogP contribution in [-0.2, 0) is 4.74 Å². The number of methoxy groups -OCH3 is 1. The molecule has 1 amide bonds. The minimum Gasteiger partial charge on any atom is -0.453 e. The summed E-state index contributed by atoms with van der Waals surface area (Å²) in [5.41, 5.74) is 1.41. The summed E-state index contributed by atoms with van der Waals surface area (Å²) in [7, 11) is 5.03. The maximum atomic E-state index is 11.0. The van der Waals surface area contributed by atoms with Crippen LogP contribution in [0.3, 0.4) is 0 Å². The van der Waals surface area contributed by atoms with Crippen molar-refractivity contribution in [1.29, 1.82) is 0 Å². The zero-order chi connectivity index (χ0) is 14.3. The second-order valence-corrected chi connectivity index (χ2v) is 4.20. The molecule has 0 spiro atoms. The first kappa shape index (κ1) is 14.9. The highest BCUT2D eigenvalue weighted by molar-refractivity contribution is 7.80. The molecule has 0 fully saturated rings. The lowest BCUT2D eigenvalue weighted by molar-refractivity contribution is 0.177. The SMILES string of the molecule is COC(=O)NC(=S)Nc1ccccc1N=CN(C)C. The van der Waals surface area contributed by atoms with E-state index in [0.29, 0.717) is 11.4 Å². The number of para-hydroxylation sites is 2. The zero-order valence-electron chi connectivity index (χ0n) is 11.0. The van der Waals surface area contributed by atoms with E-state index in [1.165, 1.54) is 7.11 Å². The van der Waals surface area contributed by atoms with Crippen LogP contribution in [0.25, 0.3) is 0 Å². The largest absolute Gasteiger partial charge is 0.453 e. The summed E-state index contributed by atoms with van der Waals surface area (Å²) >= 11 is 4.99. The third-order valence-corrected chi connectivity index (χ3v) is 2.19. The molecule has 102 valence electrons. The van der Waals surface area contributed by atoms with Gasteiger partial charge in [0.2, 0.25) is 0 Å². The summed E-state index contributed by atoms with van der Waals surface area (Å²) < 4.78 is 4.45. The van der Waals surface area contributed by atoms with Gasteiger partial charge in [-0.25, -0.2) is 9.79 Å². The van der Waals surface area contributed by atoms with E-state index in [1.54, 1.807) is 6.34 Å². The average molecular weight is 280 g/mol. The van der Waals surface area contributed by atoms with Gasteiger partial charge in [0.25, 0.3) is 0 Å². The molecule has 1 aromatic carbocycles. The van der Waals surface area contributed by atoms with Crippen LogP contribution in [0.5, 0.6) is 0 Å². The van der Waals surface area contributed by atoms with Gasteiger partial charge in [0, 0.05) is 14.1 Å². The van der Waals surface area contributed by atoms with E-state index in [4.69, 9.17) is 12.2 Å². The first-order chi connectivity index (χ1) is 9.02. The summed E-state index contributed by atoms with van der Waals surface area (Å²) in [5, 5.41) is 5.41. The molecule has 1 rings (SSSR count). The highest BCUT2D eigenvalue weighted by Gasteiger charge is 2.06. The number of carbonyl (C=O) groups excluding carboxylic acids is 1. The number of hydrogen-bond donors (Lipinski definition) is 2. The fraction of sp³-hybridized carbons (Fsp3) is 0.250. The normalized spacial score (nSPS) is 10.1. The molecule has 6 nitrogen and oxygen atoms in total. The Balaban J connectivity index is 2.78. The molecule has 0 aliphatic heterocycles. The van der Waals surface area contributed by atoms with Crippen molar-refractivity contribution >= 4 is 41.1 Å². The van der Waals surface area contributed by atoms with Gasteiger partial charge in [0.1, 0.15) is 0 Å². The molecule has 0 unspecified atom stereocenters. The van der Waals surface area contributed by atoms with Crippen LogP contribution in [0.15, 0.2) is 29.3 Å². The Hall–Kier alpha value is -2.15. The first-order valence-corrected chi connectivity index (χ1v) is 5.89. The van der Waals surface area contributed by atoms with E-state index in [1.807, 2.05) is 43.3 Å². The van der Waals surface area contributed by atoms with Gasteiger partial charge in [-0.2, -0.15) is 0 Å². The molecule has 0 saturated heterocycles. The molecule has 0 saturated carbocycles. The number of amides is 1. The number of rotatable bonds is 3. The Bertz CT molecular complexity index is 488. The summed E-state index contributed by atoms with van der Waals surface area (Å²) in [6.45, 7) is 0. The zero-order valence-corrected chi connectivity index (χ0v) is 11.8. The fourth-order valence-corrected chi connectivity index (χ4v) is 1.36. The Morgan fingerprint density at radius 3 is 2.74 bits per heavy atom. The van der Waals surface area contributed by atoms with Crippen molar-refractivity contribution in [2.24, 2.45) is 4.99 Å². The standard InChI is InChI=1S/C12H16N4O2S/c1-16(2)8-13-9-6-4-5-7-10(9)14-11(19)15-12(17)18-3/h4-8H,1-3H3,(H2,14,15,17,19). The third kappa shape index (κ3) is 5.35. The summed E-state index contributed by atoms with van der Waals surface area (Å²) in [6.07, 6.45) is 1.06. The van der Waals surface area contributed by atoms with Gasteiger partial charge in [-0.05, 0) is 24.4 Å². The average Bonchev–Trinajstić information content (AvgIpc) is 2.37. The molecular formula is C12H16N4O2S. The van der Waals surface area contributed by atoms with Crippen LogP contribution >= 0.6 is 12.2 Å². The molecule has 0 radical (unpaired) electrons. The predicted octanol–water partition coefficient (Wildman–Crippen LogP) is 1.96. The minimum atomic E-state index is -0.619. The molecule has 19 heavy (non-hydrogen) atoms. The first-order valence-electron chi connectivity index (χ1n) is 5.48. The van der Waals surface area contributed by atoms with Gasteiger partial charge < -0.3 is 15.0 Å². The van der Waals surface area contributed by atoms with Gasteiger partial charge in [-0.15, -0.1) is 0 Å². The highest BCUT2D eigenvalue weighted by atomic mass is 32.1. The van der Waals surface area contributed by atoms with Gasteiger partial charge in [-0.1, -0.05) is 12.1 Å². The maximum Gasteiger partial charge on any atom is 0.413 e. The molecule has 7 heteroatoms. The van der Waals surface area contributed by atoms with E-state index in [-0.39, 0.29) is 5.11 Å². The minimum absolute atomic E-state index is 0.152. The monoisotopic (exact) mass is 280 g/mol. The molecule has 0 atom stereocenters. The van der Waals surface area contributed by atoms with E-state index in [9.17, 15) is 4.79 Å². The number of benzene rings is 1. The van der Waals surface area contributed by atoms with Crippen molar-refractivity contribution < 1.29 is 9.53 Å². The second-order valence-electron chi connectivity index (χ2n) is 3.80. The van der Waals surface area contributed by atoms with Crippen LogP contribution in [0, 0.1) is 0 Å². The number of nitrogens with zero attached hydrogens (tertiary/aromatic N) is 2. The predicted molar refractivity (Wildman–Crippen MR) is 80.0 cm³/mol. The molecular weight excluding hydrogens is 264 g/mol. The van der Waals surface area contributed by atoms with Crippen LogP contribution in [0.4, 0.5) is 16.2 Å². The molecule has 0 aromatic heterocycles. The van der Waals surface area contributed by atoms with Gasteiger partial charge in [0.05, 0.1) is 24.8 Å². The Labute approximate surface area is 117 Å². The number of carbonyl (C=O) groups is 1. The maximum absolute atomic E-state index is 11.0. The molecule has 2 N–H and O–H groups in total. The summed E-state index contributed by atoms with van der Waals surface area (Å²) in [4.78, 5) is 17.1. The Morgan fingerprint density at radius 2 is 2.11 bits per heavy atom. The number of aliphatic imine (C=N–C) groups is 1. The second kappa shape index (κ2) is 7.32. The smallest absolute Gasteiger partial charge is 0.413 e. The van der Waals surface area contributed by atoms with Gasteiger partial charge in [-0.3, -0.25) is 5.32 Å². The van der Waals surface area contributed by atoms with Crippen molar-refractivity contribution in [3.05, 3.63) is 24.3 Å². The number of thiocarbonyl (C=S) groups is 1. The molecule has 1 aromatic rings. The van der Waals surface area contributed by atoms with Crippen LogP contribution in [0.2, 0.25) is 0 Å². The number of ether oxygens (including phenoxy) is 1. The van der Waals surface area contributed by atoms with E-state index in [2.05, 4.69) is 20.4 Å². The molecule has 0 aliphatic carbocycles. The van der Waals surface area contributed by atoms with Crippen LogP contribution < -0.4 is 10.6 Å². The Morgan fingerprint density at radius 1 is 1.42 bits per heavy atom. The summed E-state index contributed by atoms with van der Waals surface area (Å²) in [5.74, 6) is 0. The number of anilines is 1. The van der Waals surface area contributed by atoms with Crippen molar-refractivity contribution in [3.8, 4) is 0 Å². The molecule has 0 heterocycles. The van der Waals surface area contributed by atoms with Crippen LogP contribution in [0.1, 0.15) is 0 Å². The Kier molecular flexibility index (Phi) is 5.74. The van der Waals surface area contributed by atoms with E-state index in [0.717, 1.165) is 0 Å². The summed E-state index contributed by atoms with van der Waals surface area (Å²) in [6, 6.07) is 7.36. The quantitative estimate of drug-likeness (QED) is 0.503. The topological polar surface area (TPSA) is 66.0 Å². The van der Waals surface area contributed by atoms with E-state index < -0.39 is 6.09 Å². The van der Waals surface area contributed by atoms with Crippen LogP contribution in [-0.4, -0.2) is 43.6 Å². The van der Waals surface area contributed by atoms with Crippen molar-refractivity contribution in [2.45, 2.75) is 0 Å². The van der Waals surface area contributed by atoms with Crippen molar-refractivity contribution in [3.63, 3.8) is 0 Å². The van der Waals surface area contributed by atoms with Crippen molar-refractivity contribution in [2.75, 3.05) is 26.5 Å². The lowest BCUT2D eigenvalue weighted by Crippen LogP contribution is -2.33. The molecule has 0 bridgehead atoms. The lowest BCUT2D eigenvalue weighted by Gasteiger charge is -2.11. The number of nitrogens with one attached hydrogen (secondary N) is 2.